The van der Waals surface area contributed by atoms with Crippen molar-refractivity contribution < 1.29 is 52.2 Å². The van der Waals surface area contributed by atoms with Crippen LogP contribution in [-0.4, -0.2) is 125 Å². The average Bonchev–Trinajstić information content (AvgIpc) is 3.17. The van der Waals surface area contributed by atoms with Gasteiger partial charge in [-0.25, -0.2) is 0 Å². The first-order valence-electron chi connectivity index (χ1n) is 20.8. The summed E-state index contributed by atoms with van der Waals surface area (Å²) in [5.41, 5.74) is 1.38. The van der Waals surface area contributed by atoms with Gasteiger partial charge in [0.2, 0.25) is 0 Å². The molecule has 0 atom stereocenters. The maximum atomic E-state index is 11.7. The lowest BCUT2D eigenvalue weighted by Gasteiger charge is -2.09. The third kappa shape index (κ3) is 36.9. The maximum Gasteiger partial charge on any atom is 0.305 e. The van der Waals surface area contributed by atoms with Crippen LogP contribution in [0, 0.1) is 0 Å². The molecule has 0 aromatic heterocycles. The summed E-state index contributed by atoms with van der Waals surface area (Å²) in [6, 6.07) is 8.45. The van der Waals surface area contributed by atoms with Crippen molar-refractivity contribution in [1.82, 2.24) is 0 Å². The van der Waals surface area contributed by atoms with Gasteiger partial charge in [-0.1, -0.05) is 96.6 Å². The van der Waals surface area contributed by atoms with E-state index in [2.05, 4.69) is 38.1 Å². The number of unbranched alkanes of at least 4 members (excludes halogenated alkanes) is 11. The SMILES string of the molecule is CCCCCCCCCc1ccc(OCCOCCOCCOCCOCCOCCOCCOCCOCCOC(=O)CCCCCCCC)cc1. The Morgan fingerprint density at radius 3 is 1.15 bits per heavy atom. The Morgan fingerprint density at radius 2 is 0.736 bits per heavy atom. The van der Waals surface area contributed by atoms with Crippen molar-refractivity contribution in [2.45, 2.75) is 110 Å². The second kappa shape index (κ2) is 41.3. The van der Waals surface area contributed by atoms with Crippen molar-refractivity contribution in [3.8, 4) is 5.75 Å². The van der Waals surface area contributed by atoms with E-state index in [9.17, 15) is 4.79 Å². The van der Waals surface area contributed by atoms with Gasteiger partial charge in [0.1, 0.15) is 19.0 Å². The van der Waals surface area contributed by atoms with E-state index in [1.54, 1.807) is 0 Å². The number of esters is 1. The van der Waals surface area contributed by atoms with Crippen LogP contribution in [0.4, 0.5) is 0 Å². The summed E-state index contributed by atoms with van der Waals surface area (Å²) < 4.78 is 55.1. The Bertz CT molecular complexity index is 871. The van der Waals surface area contributed by atoms with E-state index in [0.717, 1.165) is 25.0 Å². The van der Waals surface area contributed by atoms with Gasteiger partial charge in [-0.15, -0.1) is 0 Å². The van der Waals surface area contributed by atoms with Gasteiger partial charge in [0.05, 0.1) is 106 Å². The van der Waals surface area contributed by atoms with Crippen LogP contribution in [0.1, 0.15) is 109 Å². The zero-order valence-electron chi connectivity index (χ0n) is 33.6. The number of rotatable bonds is 43. The molecule has 1 aromatic carbocycles. The van der Waals surface area contributed by atoms with Crippen LogP contribution < -0.4 is 4.74 Å². The van der Waals surface area contributed by atoms with Crippen molar-refractivity contribution in [3.63, 3.8) is 0 Å². The fraction of sp³-hybridized carbons (Fsp3) is 0.833. The third-order valence-electron chi connectivity index (χ3n) is 8.32. The fourth-order valence-electron chi connectivity index (χ4n) is 5.23. The fourth-order valence-corrected chi connectivity index (χ4v) is 5.23. The van der Waals surface area contributed by atoms with Crippen molar-refractivity contribution in [3.05, 3.63) is 29.8 Å². The van der Waals surface area contributed by atoms with E-state index in [-0.39, 0.29) is 12.6 Å². The molecule has 11 nitrogen and oxygen atoms in total. The predicted octanol–water partition coefficient (Wildman–Crippen LogP) is 7.79. The molecular formula is C42H76O11. The molecule has 310 valence electrons. The highest BCUT2D eigenvalue weighted by atomic mass is 16.6. The van der Waals surface area contributed by atoms with Gasteiger partial charge in [0.25, 0.3) is 0 Å². The summed E-state index contributed by atoms with van der Waals surface area (Å²) >= 11 is 0. The molecule has 0 unspecified atom stereocenters. The molecule has 1 aromatic rings. The van der Waals surface area contributed by atoms with Crippen LogP contribution in [0.5, 0.6) is 5.75 Å². The van der Waals surface area contributed by atoms with Crippen molar-refractivity contribution in [2.24, 2.45) is 0 Å². The van der Waals surface area contributed by atoms with Crippen LogP contribution in [0.15, 0.2) is 24.3 Å². The molecule has 53 heavy (non-hydrogen) atoms. The predicted molar refractivity (Wildman–Crippen MR) is 209 cm³/mol. The summed E-state index contributed by atoms with van der Waals surface area (Å²) in [7, 11) is 0. The smallest absolute Gasteiger partial charge is 0.305 e. The summed E-state index contributed by atoms with van der Waals surface area (Å²) in [6.45, 7) is 13.2. The lowest BCUT2D eigenvalue weighted by Crippen LogP contribution is -2.15. The quantitative estimate of drug-likeness (QED) is 0.0482. The Labute approximate surface area is 322 Å². The monoisotopic (exact) mass is 757 g/mol. The second-order valence-corrected chi connectivity index (χ2v) is 13.0. The van der Waals surface area contributed by atoms with Crippen LogP contribution in [0.2, 0.25) is 0 Å². The molecule has 0 saturated heterocycles. The first kappa shape index (κ1) is 49.2. The molecule has 0 radical (unpaired) electrons. The normalized spacial score (nSPS) is 11.4. The number of benzene rings is 1. The molecule has 1 rings (SSSR count). The minimum Gasteiger partial charge on any atom is -0.491 e. The van der Waals surface area contributed by atoms with Crippen LogP contribution in [0.25, 0.3) is 0 Å². The molecular weight excluding hydrogens is 680 g/mol. The minimum atomic E-state index is -0.141. The van der Waals surface area contributed by atoms with Gasteiger partial charge >= 0.3 is 5.97 Å². The summed E-state index contributed by atoms with van der Waals surface area (Å²) in [4.78, 5) is 11.7. The van der Waals surface area contributed by atoms with E-state index in [1.165, 1.54) is 76.2 Å². The standard InChI is InChI=1S/C42H76O11/c1-3-5-7-9-11-12-14-16-40-18-20-41(21-19-40)52-38-36-50-34-32-48-30-28-46-26-24-44-22-23-45-25-27-47-29-31-49-33-35-51-37-39-53-42(43)17-15-13-10-8-6-4-2/h18-21H,3-17,22-39H2,1-2H3. The van der Waals surface area contributed by atoms with E-state index in [1.807, 2.05) is 0 Å². The van der Waals surface area contributed by atoms with Crippen LogP contribution in [0.3, 0.4) is 0 Å². The molecule has 0 aliphatic heterocycles. The van der Waals surface area contributed by atoms with E-state index in [0.29, 0.717) is 119 Å². The molecule has 0 amide bonds. The number of ether oxygens (including phenoxy) is 10. The number of carbonyl (C=O) groups is 1. The number of aryl methyl sites for hydroxylation is 1. The number of hydrogen-bond acceptors (Lipinski definition) is 11. The van der Waals surface area contributed by atoms with Gasteiger partial charge in [-0.2, -0.15) is 0 Å². The number of hydrogen-bond donors (Lipinski definition) is 0. The van der Waals surface area contributed by atoms with Gasteiger partial charge in [0, 0.05) is 6.42 Å². The lowest BCUT2D eigenvalue weighted by molar-refractivity contribution is -0.145. The van der Waals surface area contributed by atoms with Crippen molar-refractivity contribution in [2.75, 3.05) is 119 Å². The van der Waals surface area contributed by atoms with E-state index >= 15 is 0 Å². The topological polar surface area (TPSA) is 109 Å². The molecule has 11 heteroatoms. The molecule has 0 aliphatic carbocycles. The van der Waals surface area contributed by atoms with Gasteiger partial charge < -0.3 is 47.4 Å². The highest BCUT2D eigenvalue weighted by Crippen LogP contribution is 2.15. The molecule has 0 N–H and O–H groups in total. The summed E-state index contributed by atoms with van der Waals surface area (Å²) in [5, 5.41) is 0. The zero-order valence-corrected chi connectivity index (χ0v) is 33.6. The molecule has 0 spiro atoms. The van der Waals surface area contributed by atoms with Crippen LogP contribution >= 0.6 is 0 Å². The third-order valence-corrected chi connectivity index (χ3v) is 8.32. The number of carbonyl (C=O) groups excluding carboxylic acids is 1. The second-order valence-electron chi connectivity index (χ2n) is 13.0. The maximum absolute atomic E-state index is 11.7. The molecule has 0 aliphatic rings. The first-order chi connectivity index (χ1) is 26.3. The highest BCUT2D eigenvalue weighted by Gasteiger charge is 2.03. The first-order valence-corrected chi connectivity index (χ1v) is 20.8. The van der Waals surface area contributed by atoms with Gasteiger partial charge in [-0.05, 0) is 37.0 Å². The molecule has 0 saturated carbocycles. The minimum absolute atomic E-state index is 0.141. The summed E-state index contributed by atoms with van der Waals surface area (Å²) in [5.74, 6) is 0.745. The largest absolute Gasteiger partial charge is 0.491 e. The van der Waals surface area contributed by atoms with Gasteiger partial charge in [-0.3, -0.25) is 4.79 Å². The molecule has 0 bridgehead atoms. The summed E-state index contributed by atoms with van der Waals surface area (Å²) in [6.07, 6.45) is 17.9. The lowest BCUT2D eigenvalue weighted by atomic mass is 10.0. The molecule has 0 fully saturated rings. The van der Waals surface area contributed by atoms with E-state index < -0.39 is 0 Å². The Balaban J connectivity index is 1.70. The highest BCUT2D eigenvalue weighted by molar-refractivity contribution is 5.69. The van der Waals surface area contributed by atoms with Gasteiger partial charge in [0.15, 0.2) is 0 Å². The van der Waals surface area contributed by atoms with Crippen molar-refractivity contribution in [1.29, 1.82) is 0 Å². The Morgan fingerprint density at radius 1 is 0.396 bits per heavy atom. The molecule has 0 heterocycles. The Hall–Kier alpha value is -1.83. The van der Waals surface area contributed by atoms with E-state index in [4.69, 9.17) is 47.4 Å². The van der Waals surface area contributed by atoms with Crippen LogP contribution in [-0.2, 0) is 53.8 Å². The Kier molecular flexibility index (Phi) is 38.4. The average molecular weight is 757 g/mol. The zero-order chi connectivity index (χ0) is 38.0. The van der Waals surface area contributed by atoms with Crippen molar-refractivity contribution >= 4 is 5.97 Å².